The van der Waals surface area contributed by atoms with Crippen LogP contribution in [-0.2, 0) is 13.1 Å². The Kier molecular flexibility index (Phi) is 1.81. The number of primary amides is 1. The molecule has 1 aliphatic heterocycles. The summed E-state index contributed by atoms with van der Waals surface area (Å²) >= 11 is 0. The van der Waals surface area contributed by atoms with E-state index < -0.39 is 5.91 Å². The summed E-state index contributed by atoms with van der Waals surface area (Å²) in [4.78, 5) is 15.1. The molecule has 0 bridgehead atoms. The average molecular weight is 180 g/mol. The second-order valence-corrected chi connectivity index (χ2v) is 3.16. The summed E-state index contributed by atoms with van der Waals surface area (Å²) < 4.78 is 1.90. The summed E-state index contributed by atoms with van der Waals surface area (Å²) in [6.45, 7) is 4.30. The SMILES string of the molecule is Cc1nc(C(N)=O)n2c1CNCC2. The van der Waals surface area contributed by atoms with Crippen molar-refractivity contribution < 1.29 is 4.79 Å². The number of imidazole rings is 1. The standard InChI is InChI=1S/C8H12N4O/c1-5-6-4-10-2-3-12(6)8(11-5)7(9)13/h10H,2-4H2,1H3,(H2,9,13). The molecule has 70 valence electrons. The van der Waals surface area contributed by atoms with Gasteiger partial charge in [0.2, 0.25) is 0 Å². The fraction of sp³-hybridized carbons (Fsp3) is 0.500. The number of amides is 1. The first kappa shape index (κ1) is 8.25. The van der Waals surface area contributed by atoms with E-state index in [9.17, 15) is 4.79 Å². The topological polar surface area (TPSA) is 72.9 Å². The van der Waals surface area contributed by atoms with E-state index in [-0.39, 0.29) is 0 Å². The highest BCUT2D eigenvalue weighted by Crippen LogP contribution is 2.13. The van der Waals surface area contributed by atoms with Gasteiger partial charge in [-0.25, -0.2) is 4.98 Å². The Morgan fingerprint density at radius 2 is 2.46 bits per heavy atom. The van der Waals surface area contributed by atoms with Crippen molar-refractivity contribution >= 4 is 5.91 Å². The average Bonchev–Trinajstić information content (AvgIpc) is 2.45. The first-order valence-corrected chi connectivity index (χ1v) is 4.26. The van der Waals surface area contributed by atoms with Crippen LogP contribution in [0.1, 0.15) is 22.0 Å². The Labute approximate surface area is 75.9 Å². The first-order chi connectivity index (χ1) is 6.20. The zero-order valence-electron chi connectivity index (χ0n) is 7.50. The largest absolute Gasteiger partial charge is 0.363 e. The molecule has 0 unspecified atom stereocenters. The van der Waals surface area contributed by atoms with Crippen molar-refractivity contribution in [2.24, 2.45) is 5.73 Å². The molecule has 0 radical (unpaired) electrons. The van der Waals surface area contributed by atoms with Gasteiger partial charge in [-0.15, -0.1) is 0 Å². The zero-order chi connectivity index (χ0) is 9.42. The van der Waals surface area contributed by atoms with Crippen molar-refractivity contribution in [1.82, 2.24) is 14.9 Å². The van der Waals surface area contributed by atoms with Crippen LogP contribution in [0.25, 0.3) is 0 Å². The molecule has 1 amide bonds. The lowest BCUT2D eigenvalue weighted by atomic mass is 10.3. The summed E-state index contributed by atoms with van der Waals surface area (Å²) in [5.41, 5.74) is 7.17. The Morgan fingerprint density at radius 1 is 1.69 bits per heavy atom. The van der Waals surface area contributed by atoms with E-state index >= 15 is 0 Å². The quantitative estimate of drug-likeness (QED) is 0.605. The van der Waals surface area contributed by atoms with Crippen LogP contribution in [0, 0.1) is 6.92 Å². The number of nitrogens with two attached hydrogens (primary N) is 1. The van der Waals surface area contributed by atoms with Crippen molar-refractivity contribution in [1.29, 1.82) is 0 Å². The van der Waals surface area contributed by atoms with Crippen molar-refractivity contribution in [3.05, 3.63) is 17.2 Å². The van der Waals surface area contributed by atoms with E-state index in [1.807, 2.05) is 11.5 Å². The number of carbonyl (C=O) groups is 1. The second-order valence-electron chi connectivity index (χ2n) is 3.16. The summed E-state index contributed by atoms with van der Waals surface area (Å²) in [6, 6.07) is 0. The van der Waals surface area contributed by atoms with Gasteiger partial charge in [-0.3, -0.25) is 4.79 Å². The van der Waals surface area contributed by atoms with Crippen molar-refractivity contribution in [2.75, 3.05) is 6.54 Å². The van der Waals surface area contributed by atoms with Gasteiger partial charge in [-0.2, -0.15) is 0 Å². The van der Waals surface area contributed by atoms with Crippen molar-refractivity contribution in [2.45, 2.75) is 20.0 Å². The normalized spacial score (nSPS) is 15.5. The van der Waals surface area contributed by atoms with E-state index in [2.05, 4.69) is 10.3 Å². The molecule has 0 fully saturated rings. The molecule has 1 aromatic rings. The summed E-state index contributed by atoms with van der Waals surface area (Å²) in [7, 11) is 0. The Bertz CT molecular complexity index is 355. The molecule has 1 aliphatic rings. The third-order valence-electron chi connectivity index (χ3n) is 2.30. The maximum Gasteiger partial charge on any atom is 0.284 e. The van der Waals surface area contributed by atoms with Crippen LogP contribution in [0.5, 0.6) is 0 Å². The molecule has 1 aromatic heterocycles. The highest BCUT2D eigenvalue weighted by Gasteiger charge is 2.19. The van der Waals surface area contributed by atoms with Crippen LogP contribution in [-0.4, -0.2) is 22.0 Å². The predicted octanol–water partition coefficient (Wildman–Crippen LogP) is -0.606. The third kappa shape index (κ3) is 1.21. The molecule has 5 nitrogen and oxygen atoms in total. The molecule has 0 saturated carbocycles. The second kappa shape index (κ2) is 2.85. The van der Waals surface area contributed by atoms with Crippen LogP contribution < -0.4 is 11.1 Å². The fourth-order valence-corrected chi connectivity index (χ4v) is 1.66. The number of rotatable bonds is 1. The van der Waals surface area contributed by atoms with E-state index in [1.165, 1.54) is 0 Å². The highest BCUT2D eigenvalue weighted by molar-refractivity contribution is 5.89. The number of hydrogen-bond acceptors (Lipinski definition) is 3. The number of nitrogens with one attached hydrogen (secondary N) is 1. The number of aryl methyl sites for hydroxylation is 1. The Hall–Kier alpha value is -1.36. The molecular weight excluding hydrogens is 168 g/mol. The lowest BCUT2D eigenvalue weighted by Crippen LogP contribution is -2.31. The highest BCUT2D eigenvalue weighted by atomic mass is 16.1. The minimum Gasteiger partial charge on any atom is -0.363 e. The third-order valence-corrected chi connectivity index (χ3v) is 2.30. The van der Waals surface area contributed by atoms with Gasteiger partial charge < -0.3 is 15.6 Å². The molecule has 0 aliphatic carbocycles. The van der Waals surface area contributed by atoms with Gasteiger partial charge >= 0.3 is 0 Å². The van der Waals surface area contributed by atoms with Crippen LogP contribution in [0.2, 0.25) is 0 Å². The molecule has 2 rings (SSSR count). The Morgan fingerprint density at radius 3 is 3.15 bits per heavy atom. The van der Waals surface area contributed by atoms with E-state index in [1.54, 1.807) is 0 Å². The number of aromatic nitrogens is 2. The lowest BCUT2D eigenvalue weighted by Gasteiger charge is -2.17. The van der Waals surface area contributed by atoms with E-state index in [4.69, 9.17) is 5.73 Å². The first-order valence-electron chi connectivity index (χ1n) is 4.26. The van der Waals surface area contributed by atoms with Crippen LogP contribution in [0.4, 0.5) is 0 Å². The van der Waals surface area contributed by atoms with Crippen LogP contribution >= 0.6 is 0 Å². The molecule has 0 spiro atoms. The molecule has 2 heterocycles. The molecule has 0 saturated heterocycles. The number of carbonyl (C=O) groups excluding carboxylic acids is 1. The zero-order valence-corrected chi connectivity index (χ0v) is 7.50. The molecule has 13 heavy (non-hydrogen) atoms. The fourth-order valence-electron chi connectivity index (χ4n) is 1.66. The van der Waals surface area contributed by atoms with E-state index in [0.717, 1.165) is 31.0 Å². The lowest BCUT2D eigenvalue weighted by molar-refractivity contribution is 0.0985. The van der Waals surface area contributed by atoms with Gasteiger partial charge in [0.25, 0.3) is 5.91 Å². The maximum atomic E-state index is 11.0. The molecule has 0 atom stereocenters. The molecule has 0 aromatic carbocycles. The van der Waals surface area contributed by atoms with Crippen LogP contribution in [0.3, 0.4) is 0 Å². The summed E-state index contributed by atoms with van der Waals surface area (Å²) in [5.74, 6) is -0.0646. The summed E-state index contributed by atoms with van der Waals surface area (Å²) in [6.07, 6.45) is 0. The maximum absolute atomic E-state index is 11.0. The van der Waals surface area contributed by atoms with Gasteiger partial charge in [0.05, 0.1) is 11.4 Å². The molecular formula is C8H12N4O. The van der Waals surface area contributed by atoms with Gasteiger partial charge in [0.1, 0.15) is 0 Å². The molecule has 3 N–H and O–H groups in total. The monoisotopic (exact) mass is 180 g/mol. The van der Waals surface area contributed by atoms with Crippen molar-refractivity contribution in [3.8, 4) is 0 Å². The van der Waals surface area contributed by atoms with Gasteiger partial charge in [-0.05, 0) is 6.92 Å². The minimum absolute atomic E-state index is 0.383. The predicted molar refractivity (Wildman–Crippen MR) is 47.2 cm³/mol. The van der Waals surface area contributed by atoms with Crippen molar-refractivity contribution in [3.63, 3.8) is 0 Å². The van der Waals surface area contributed by atoms with Gasteiger partial charge in [0.15, 0.2) is 5.82 Å². The number of fused-ring (bicyclic) bond motifs is 1. The molecule has 5 heteroatoms. The number of hydrogen-bond donors (Lipinski definition) is 2. The van der Waals surface area contributed by atoms with Gasteiger partial charge in [0, 0.05) is 19.6 Å². The smallest absolute Gasteiger partial charge is 0.284 e. The Balaban J connectivity index is 2.53. The van der Waals surface area contributed by atoms with Crippen LogP contribution in [0.15, 0.2) is 0 Å². The minimum atomic E-state index is -0.448. The summed E-state index contributed by atoms with van der Waals surface area (Å²) in [5, 5.41) is 3.22. The number of nitrogens with zero attached hydrogens (tertiary/aromatic N) is 2. The van der Waals surface area contributed by atoms with Gasteiger partial charge in [-0.1, -0.05) is 0 Å². The van der Waals surface area contributed by atoms with E-state index in [0.29, 0.717) is 5.82 Å².